The lowest BCUT2D eigenvalue weighted by Gasteiger charge is -2.13. The van der Waals surface area contributed by atoms with Crippen LogP contribution in [-0.2, 0) is 0 Å². The van der Waals surface area contributed by atoms with Gasteiger partial charge >= 0.3 is 0 Å². The van der Waals surface area contributed by atoms with E-state index in [0.717, 1.165) is 18.8 Å². The molecule has 0 bridgehead atoms. The van der Waals surface area contributed by atoms with Crippen LogP contribution in [0.15, 0.2) is 24.3 Å². The quantitative estimate of drug-likeness (QED) is 0.705. The Morgan fingerprint density at radius 1 is 1.05 bits per heavy atom. The third-order valence-corrected chi connectivity index (χ3v) is 3.57. The molecule has 0 radical (unpaired) electrons. The molecular formula is C16H22N2O. The fourth-order valence-electron chi connectivity index (χ4n) is 2.44. The molecule has 1 fully saturated rings. The van der Waals surface area contributed by atoms with E-state index in [1.165, 1.54) is 45.3 Å². The summed E-state index contributed by atoms with van der Waals surface area (Å²) in [5, 5.41) is 8.70. The first-order valence-electron chi connectivity index (χ1n) is 7.24. The zero-order valence-corrected chi connectivity index (χ0v) is 11.5. The second-order valence-electron chi connectivity index (χ2n) is 5.09. The number of nitrogens with zero attached hydrogens (tertiary/aromatic N) is 2. The molecule has 1 saturated heterocycles. The van der Waals surface area contributed by atoms with Crippen molar-refractivity contribution in [2.45, 2.75) is 32.1 Å². The Morgan fingerprint density at radius 2 is 1.79 bits per heavy atom. The van der Waals surface area contributed by atoms with Gasteiger partial charge in [0, 0.05) is 0 Å². The minimum Gasteiger partial charge on any atom is -0.494 e. The van der Waals surface area contributed by atoms with Gasteiger partial charge in [0.15, 0.2) is 0 Å². The van der Waals surface area contributed by atoms with Gasteiger partial charge in [0.05, 0.1) is 18.2 Å². The number of nitriles is 1. The molecule has 0 amide bonds. The van der Waals surface area contributed by atoms with Gasteiger partial charge in [-0.2, -0.15) is 5.26 Å². The maximum atomic E-state index is 8.70. The van der Waals surface area contributed by atoms with Crippen molar-refractivity contribution < 1.29 is 4.74 Å². The standard InChI is InChI=1S/C16H22N2O/c17-14-15-6-8-16(9-7-15)19-13-5-1-2-10-18-11-3-4-12-18/h6-9H,1-5,10-13H2. The van der Waals surface area contributed by atoms with Crippen LogP contribution < -0.4 is 4.74 Å². The molecule has 19 heavy (non-hydrogen) atoms. The number of ether oxygens (including phenoxy) is 1. The molecule has 1 aromatic rings. The van der Waals surface area contributed by atoms with Crippen molar-refractivity contribution in [1.29, 1.82) is 5.26 Å². The lowest BCUT2D eigenvalue weighted by molar-refractivity contribution is 0.290. The molecule has 3 heteroatoms. The molecule has 2 rings (SSSR count). The van der Waals surface area contributed by atoms with Gasteiger partial charge < -0.3 is 9.64 Å². The maximum absolute atomic E-state index is 8.70. The Hall–Kier alpha value is -1.53. The Bertz CT molecular complexity index is 402. The van der Waals surface area contributed by atoms with Gasteiger partial charge in [-0.05, 0) is 76.0 Å². The third kappa shape index (κ3) is 4.92. The fraction of sp³-hybridized carbons (Fsp3) is 0.562. The summed E-state index contributed by atoms with van der Waals surface area (Å²) in [6, 6.07) is 9.42. The summed E-state index contributed by atoms with van der Waals surface area (Å²) in [6.45, 7) is 4.60. The molecular weight excluding hydrogens is 236 g/mol. The number of unbranched alkanes of at least 4 members (excludes halogenated alkanes) is 2. The summed E-state index contributed by atoms with van der Waals surface area (Å²) in [5.41, 5.74) is 0.679. The van der Waals surface area contributed by atoms with Crippen LogP contribution >= 0.6 is 0 Å². The van der Waals surface area contributed by atoms with E-state index >= 15 is 0 Å². The Kier molecular flexibility index (Phi) is 5.71. The normalized spacial score (nSPS) is 15.3. The summed E-state index contributed by atoms with van der Waals surface area (Å²) in [4.78, 5) is 2.56. The first kappa shape index (κ1) is 13.9. The third-order valence-electron chi connectivity index (χ3n) is 3.57. The van der Waals surface area contributed by atoms with Crippen molar-refractivity contribution in [3.05, 3.63) is 29.8 Å². The van der Waals surface area contributed by atoms with Gasteiger partial charge in [-0.3, -0.25) is 0 Å². The summed E-state index contributed by atoms with van der Waals surface area (Å²) in [5.74, 6) is 0.860. The molecule has 0 atom stereocenters. The summed E-state index contributed by atoms with van der Waals surface area (Å²) < 4.78 is 5.65. The van der Waals surface area contributed by atoms with Crippen LogP contribution in [0.1, 0.15) is 37.7 Å². The van der Waals surface area contributed by atoms with Gasteiger partial charge in [-0.15, -0.1) is 0 Å². The van der Waals surface area contributed by atoms with Gasteiger partial charge in [0.1, 0.15) is 5.75 Å². The van der Waals surface area contributed by atoms with Crippen molar-refractivity contribution in [2.75, 3.05) is 26.2 Å². The van der Waals surface area contributed by atoms with Crippen LogP contribution in [0.25, 0.3) is 0 Å². The van der Waals surface area contributed by atoms with E-state index in [-0.39, 0.29) is 0 Å². The highest BCUT2D eigenvalue weighted by molar-refractivity contribution is 5.34. The fourth-order valence-corrected chi connectivity index (χ4v) is 2.44. The van der Waals surface area contributed by atoms with E-state index in [9.17, 15) is 0 Å². The molecule has 1 heterocycles. The molecule has 0 unspecified atom stereocenters. The zero-order valence-electron chi connectivity index (χ0n) is 11.5. The highest BCUT2D eigenvalue weighted by atomic mass is 16.5. The smallest absolute Gasteiger partial charge is 0.119 e. The first-order chi connectivity index (χ1) is 9.38. The van der Waals surface area contributed by atoms with Crippen LogP contribution in [0.4, 0.5) is 0 Å². The molecule has 102 valence electrons. The Labute approximate surface area is 115 Å². The molecule has 0 aliphatic carbocycles. The SMILES string of the molecule is N#Cc1ccc(OCCCCCN2CCCC2)cc1. The van der Waals surface area contributed by atoms with Crippen molar-refractivity contribution in [1.82, 2.24) is 4.90 Å². The molecule has 0 N–H and O–H groups in total. The number of benzene rings is 1. The highest BCUT2D eigenvalue weighted by Crippen LogP contribution is 2.13. The van der Waals surface area contributed by atoms with E-state index < -0.39 is 0 Å². The molecule has 3 nitrogen and oxygen atoms in total. The van der Waals surface area contributed by atoms with Crippen LogP contribution in [0.3, 0.4) is 0 Å². The van der Waals surface area contributed by atoms with Crippen LogP contribution in [0.2, 0.25) is 0 Å². The predicted molar refractivity (Wildman–Crippen MR) is 76.2 cm³/mol. The van der Waals surface area contributed by atoms with Crippen molar-refractivity contribution >= 4 is 0 Å². The molecule has 0 saturated carbocycles. The number of likely N-dealkylation sites (tertiary alicyclic amines) is 1. The highest BCUT2D eigenvalue weighted by Gasteiger charge is 2.09. The van der Waals surface area contributed by atoms with Gasteiger partial charge in [-0.1, -0.05) is 0 Å². The minimum atomic E-state index is 0.679. The number of rotatable bonds is 7. The molecule has 1 aromatic carbocycles. The molecule has 0 aromatic heterocycles. The summed E-state index contributed by atoms with van der Waals surface area (Å²) >= 11 is 0. The minimum absolute atomic E-state index is 0.679. The molecule has 1 aliphatic rings. The van der Waals surface area contributed by atoms with Crippen LogP contribution in [0.5, 0.6) is 5.75 Å². The zero-order chi connectivity index (χ0) is 13.3. The first-order valence-corrected chi connectivity index (χ1v) is 7.24. The summed E-state index contributed by atoms with van der Waals surface area (Å²) in [6.07, 6.45) is 6.36. The Morgan fingerprint density at radius 3 is 2.47 bits per heavy atom. The number of hydrogen-bond acceptors (Lipinski definition) is 3. The van der Waals surface area contributed by atoms with E-state index in [1.807, 2.05) is 12.1 Å². The van der Waals surface area contributed by atoms with Crippen LogP contribution in [0, 0.1) is 11.3 Å². The molecule has 0 spiro atoms. The van der Waals surface area contributed by atoms with Crippen molar-refractivity contribution in [2.24, 2.45) is 0 Å². The van der Waals surface area contributed by atoms with Gasteiger partial charge in [0.25, 0.3) is 0 Å². The second-order valence-corrected chi connectivity index (χ2v) is 5.09. The average molecular weight is 258 g/mol. The maximum Gasteiger partial charge on any atom is 0.119 e. The predicted octanol–water partition coefficient (Wildman–Crippen LogP) is 3.20. The number of hydrogen-bond donors (Lipinski definition) is 0. The lowest BCUT2D eigenvalue weighted by atomic mass is 10.2. The average Bonchev–Trinajstić information content (AvgIpc) is 2.96. The monoisotopic (exact) mass is 258 g/mol. The molecule has 1 aliphatic heterocycles. The van der Waals surface area contributed by atoms with E-state index in [0.29, 0.717) is 5.56 Å². The van der Waals surface area contributed by atoms with E-state index in [1.54, 1.807) is 12.1 Å². The van der Waals surface area contributed by atoms with Gasteiger partial charge in [-0.25, -0.2) is 0 Å². The van der Waals surface area contributed by atoms with E-state index in [4.69, 9.17) is 10.00 Å². The van der Waals surface area contributed by atoms with Crippen molar-refractivity contribution in [3.63, 3.8) is 0 Å². The van der Waals surface area contributed by atoms with Crippen LogP contribution in [-0.4, -0.2) is 31.1 Å². The van der Waals surface area contributed by atoms with E-state index in [2.05, 4.69) is 11.0 Å². The van der Waals surface area contributed by atoms with Gasteiger partial charge in [0.2, 0.25) is 0 Å². The lowest BCUT2D eigenvalue weighted by Crippen LogP contribution is -2.20. The largest absolute Gasteiger partial charge is 0.494 e. The Balaban J connectivity index is 1.52. The van der Waals surface area contributed by atoms with Crippen molar-refractivity contribution in [3.8, 4) is 11.8 Å². The topological polar surface area (TPSA) is 36.3 Å². The summed E-state index contributed by atoms with van der Waals surface area (Å²) in [7, 11) is 0. The second kappa shape index (κ2) is 7.81.